The first-order valence-electron chi connectivity index (χ1n) is 14.3. The molecule has 8 nitrogen and oxygen atoms in total. The van der Waals surface area contributed by atoms with Gasteiger partial charge in [0, 0.05) is 52.7 Å². The van der Waals surface area contributed by atoms with E-state index in [2.05, 4.69) is 40.2 Å². The highest BCUT2D eigenvalue weighted by Gasteiger charge is 2.26. The smallest absolute Gasteiger partial charge is 0.246 e. The largest absolute Gasteiger partial charge is 0.354 e. The Kier molecular flexibility index (Phi) is 7.93. The van der Waals surface area contributed by atoms with Gasteiger partial charge in [-0.3, -0.25) is 9.48 Å². The first-order valence-corrected chi connectivity index (χ1v) is 15.1. The number of likely N-dealkylation sites (N-methyl/N-ethyl adjacent to an activating group) is 1. The van der Waals surface area contributed by atoms with Gasteiger partial charge in [-0.05, 0) is 68.8 Å². The number of carbonyl (C=O) groups excluding carboxylic acids is 1. The standard InChI is InChI=1S/C33H32FN7OS/c1-21(2)39(3)12-5-8-30(42)40-13-11-27-29(20-40)43-33-31(27)32(24(16-35)17-36-33)38-26-9-10-28-23(15-26)18-37-41(28)19-22-6-4-7-25(34)14-22/h4-10,14-15,17-18,21H,11-13,19-20H2,1-3H3,(H,36,38). The van der Waals surface area contributed by atoms with Crippen LogP contribution in [0.25, 0.3) is 21.1 Å². The number of hydrogen-bond acceptors (Lipinski definition) is 7. The highest BCUT2D eigenvalue weighted by molar-refractivity contribution is 7.19. The first-order chi connectivity index (χ1) is 20.8. The lowest BCUT2D eigenvalue weighted by atomic mass is 10.0. The average Bonchev–Trinajstić information content (AvgIpc) is 3.57. The van der Waals surface area contributed by atoms with Crippen molar-refractivity contribution in [3.8, 4) is 6.07 Å². The summed E-state index contributed by atoms with van der Waals surface area (Å²) in [5, 5.41) is 19.9. The number of nitrogens with one attached hydrogen (secondary N) is 1. The van der Waals surface area contributed by atoms with Crippen molar-refractivity contribution in [3.05, 3.63) is 94.4 Å². The van der Waals surface area contributed by atoms with Gasteiger partial charge in [-0.1, -0.05) is 18.2 Å². The molecule has 0 bridgehead atoms. The van der Waals surface area contributed by atoms with Crippen LogP contribution in [0, 0.1) is 17.1 Å². The van der Waals surface area contributed by atoms with Gasteiger partial charge in [0.1, 0.15) is 16.7 Å². The lowest BCUT2D eigenvalue weighted by molar-refractivity contribution is -0.126. The third-order valence-electron chi connectivity index (χ3n) is 7.97. The van der Waals surface area contributed by atoms with Crippen molar-refractivity contribution in [1.82, 2.24) is 24.6 Å². The summed E-state index contributed by atoms with van der Waals surface area (Å²) in [5.74, 6) is -0.259. The summed E-state index contributed by atoms with van der Waals surface area (Å²) >= 11 is 1.58. The molecule has 2 aromatic carbocycles. The molecule has 1 amide bonds. The second kappa shape index (κ2) is 12.0. The zero-order valence-electron chi connectivity index (χ0n) is 24.3. The van der Waals surface area contributed by atoms with Gasteiger partial charge in [-0.15, -0.1) is 11.3 Å². The molecule has 5 aromatic rings. The van der Waals surface area contributed by atoms with Crippen LogP contribution in [0.2, 0.25) is 0 Å². The molecule has 6 rings (SSSR count). The summed E-state index contributed by atoms with van der Waals surface area (Å²) in [6.07, 6.45) is 7.69. The molecule has 0 atom stereocenters. The first kappa shape index (κ1) is 28.5. The Balaban J connectivity index is 1.25. The Hall–Kier alpha value is -4.59. The lowest BCUT2D eigenvalue weighted by Crippen LogP contribution is -2.34. The number of hydrogen-bond donors (Lipinski definition) is 1. The molecule has 1 aliphatic rings. The Morgan fingerprint density at radius 3 is 2.91 bits per heavy atom. The summed E-state index contributed by atoms with van der Waals surface area (Å²) in [7, 11) is 2.04. The summed E-state index contributed by atoms with van der Waals surface area (Å²) in [6, 6.07) is 15.2. The van der Waals surface area contributed by atoms with Crippen LogP contribution < -0.4 is 5.32 Å². The molecular formula is C33H32FN7OS. The Morgan fingerprint density at radius 1 is 1.26 bits per heavy atom. The van der Waals surface area contributed by atoms with E-state index in [1.807, 2.05) is 47.0 Å². The third kappa shape index (κ3) is 5.87. The van der Waals surface area contributed by atoms with Crippen molar-refractivity contribution >= 4 is 49.7 Å². The summed E-state index contributed by atoms with van der Waals surface area (Å²) in [4.78, 5) is 23.5. The molecular weight excluding hydrogens is 561 g/mol. The number of halogens is 1. The van der Waals surface area contributed by atoms with Gasteiger partial charge in [0.2, 0.25) is 5.91 Å². The van der Waals surface area contributed by atoms with E-state index >= 15 is 0 Å². The normalized spacial score (nSPS) is 13.4. The number of amides is 1. The van der Waals surface area contributed by atoms with Crippen LogP contribution in [-0.4, -0.2) is 56.7 Å². The molecule has 0 aliphatic carbocycles. The fourth-order valence-electron chi connectivity index (χ4n) is 5.34. The molecule has 0 fully saturated rings. The van der Waals surface area contributed by atoms with Crippen molar-refractivity contribution in [2.24, 2.45) is 0 Å². The number of benzene rings is 2. The van der Waals surface area contributed by atoms with Gasteiger partial charge in [0.15, 0.2) is 0 Å². The zero-order valence-corrected chi connectivity index (χ0v) is 25.2. The van der Waals surface area contributed by atoms with Crippen molar-refractivity contribution in [3.63, 3.8) is 0 Å². The Morgan fingerprint density at radius 2 is 2.12 bits per heavy atom. The molecule has 3 aromatic heterocycles. The highest BCUT2D eigenvalue weighted by atomic mass is 32.1. The van der Waals surface area contributed by atoms with Crippen LogP contribution in [0.1, 0.15) is 35.4 Å². The van der Waals surface area contributed by atoms with E-state index in [4.69, 9.17) is 0 Å². The number of nitrogens with zero attached hydrogens (tertiary/aromatic N) is 6. The van der Waals surface area contributed by atoms with Gasteiger partial charge >= 0.3 is 0 Å². The van der Waals surface area contributed by atoms with E-state index in [1.54, 1.807) is 35.9 Å². The lowest BCUT2D eigenvalue weighted by Gasteiger charge is -2.26. The minimum atomic E-state index is -0.269. The molecule has 0 radical (unpaired) electrons. The summed E-state index contributed by atoms with van der Waals surface area (Å²) in [5.41, 5.74) is 4.92. The van der Waals surface area contributed by atoms with Gasteiger partial charge < -0.3 is 15.1 Å². The third-order valence-corrected chi connectivity index (χ3v) is 9.09. The van der Waals surface area contributed by atoms with Gasteiger partial charge in [0.05, 0.1) is 36.1 Å². The quantitative estimate of drug-likeness (QED) is 0.215. The molecule has 43 heavy (non-hydrogen) atoms. The molecule has 0 saturated heterocycles. The van der Waals surface area contributed by atoms with E-state index in [-0.39, 0.29) is 11.7 Å². The van der Waals surface area contributed by atoms with Crippen molar-refractivity contribution in [1.29, 1.82) is 5.26 Å². The fourth-order valence-corrected chi connectivity index (χ4v) is 6.56. The second-order valence-electron chi connectivity index (χ2n) is 11.1. The molecule has 0 saturated carbocycles. The predicted molar refractivity (Wildman–Crippen MR) is 169 cm³/mol. The van der Waals surface area contributed by atoms with Crippen LogP contribution in [0.15, 0.2) is 67.0 Å². The SMILES string of the molecule is CC(C)N(C)CC=CC(=O)N1CCc2c(sc3ncc(C#N)c(Nc4ccc5c(cnn5Cc5cccc(F)c5)c4)c23)C1. The minimum absolute atomic E-state index is 0.00975. The number of rotatable bonds is 8. The number of anilines is 2. The highest BCUT2D eigenvalue weighted by Crippen LogP contribution is 2.41. The minimum Gasteiger partial charge on any atom is -0.354 e. The van der Waals surface area contributed by atoms with Gasteiger partial charge in [-0.2, -0.15) is 10.4 Å². The maximum absolute atomic E-state index is 13.7. The van der Waals surface area contributed by atoms with Crippen molar-refractivity contribution in [2.45, 2.75) is 39.4 Å². The molecule has 0 unspecified atom stereocenters. The van der Waals surface area contributed by atoms with Crippen LogP contribution >= 0.6 is 11.3 Å². The van der Waals surface area contributed by atoms with E-state index < -0.39 is 0 Å². The second-order valence-corrected chi connectivity index (χ2v) is 12.2. The average molecular weight is 594 g/mol. The van der Waals surface area contributed by atoms with Crippen LogP contribution in [0.3, 0.4) is 0 Å². The van der Waals surface area contributed by atoms with E-state index in [1.165, 1.54) is 12.1 Å². The molecule has 1 aliphatic heterocycles. The molecule has 10 heteroatoms. The van der Waals surface area contributed by atoms with Gasteiger partial charge in [0.25, 0.3) is 0 Å². The van der Waals surface area contributed by atoms with E-state index in [9.17, 15) is 14.4 Å². The van der Waals surface area contributed by atoms with E-state index in [0.29, 0.717) is 37.7 Å². The molecule has 218 valence electrons. The fraction of sp³-hybridized carbons (Fsp3) is 0.273. The zero-order chi connectivity index (χ0) is 30.1. The molecule has 0 spiro atoms. The van der Waals surface area contributed by atoms with Crippen LogP contribution in [0.4, 0.5) is 15.8 Å². The maximum Gasteiger partial charge on any atom is 0.246 e. The number of thiophene rings is 1. The van der Waals surface area contributed by atoms with Gasteiger partial charge in [-0.25, -0.2) is 9.37 Å². The summed E-state index contributed by atoms with van der Waals surface area (Å²) in [6.45, 7) is 6.57. The Labute approximate surface area is 253 Å². The van der Waals surface area contributed by atoms with E-state index in [0.717, 1.165) is 55.0 Å². The Bertz CT molecular complexity index is 1900. The monoisotopic (exact) mass is 593 g/mol. The van der Waals surface area contributed by atoms with Crippen molar-refractivity contribution < 1.29 is 9.18 Å². The predicted octanol–water partition coefficient (Wildman–Crippen LogP) is 6.23. The van der Waals surface area contributed by atoms with Crippen molar-refractivity contribution in [2.75, 3.05) is 25.5 Å². The maximum atomic E-state index is 13.7. The molecule has 1 N–H and O–H groups in total. The number of carbonyl (C=O) groups is 1. The van der Waals surface area contributed by atoms with Crippen LogP contribution in [-0.2, 0) is 24.3 Å². The number of pyridine rings is 1. The van der Waals surface area contributed by atoms with Crippen LogP contribution in [0.5, 0.6) is 0 Å². The topological polar surface area (TPSA) is 90.1 Å². The molecule has 4 heterocycles. The summed E-state index contributed by atoms with van der Waals surface area (Å²) < 4.78 is 15.5. The number of aromatic nitrogens is 3. The number of nitriles is 1. The number of fused-ring (bicyclic) bond motifs is 4.